The molecular weight excluding hydrogens is 314 g/mol. The molecular formula is C17H17NO4S. The van der Waals surface area contributed by atoms with Crippen molar-refractivity contribution in [3.8, 4) is 11.5 Å². The predicted octanol–water partition coefficient (Wildman–Crippen LogP) is 2.35. The van der Waals surface area contributed by atoms with Gasteiger partial charge in [0, 0.05) is 22.1 Å². The number of rotatable bonds is 5. The Morgan fingerprint density at radius 2 is 1.83 bits per heavy atom. The lowest BCUT2D eigenvalue weighted by molar-refractivity contribution is -0.113. The fraction of sp³-hybridized carbons (Fsp3) is 0.235. The number of anilines is 1. The van der Waals surface area contributed by atoms with Gasteiger partial charge in [-0.25, -0.2) is 0 Å². The number of carbonyl (C=O) groups excluding carboxylic acids is 1. The monoisotopic (exact) mass is 331 g/mol. The zero-order valence-corrected chi connectivity index (χ0v) is 13.3. The maximum absolute atomic E-state index is 12.3. The van der Waals surface area contributed by atoms with Crippen LogP contribution in [0.4, 0.5) is 5.69 Å². The number of nitrogens with one attached hydrogen (secondary N) is 1. The van der Waals surface area contributed by atoms with Gasteiger partial charge in [0.15, 0.2) is 11.5 Å². The molecule has 3 rings (SSSR count). The van der Waals surface area contributed by atoms with Crippen LogP contribution in [-0.4, -0.2) is 29.1 Å². The van der Waals surface area contributed by atoms with Crippen LogP contribution in [0.5, 0.6) is 11.5 Å². The first kappa shape index (κ1) is 15.6. The average molecular weight is 331 g/mol. The van der Waals surface area contributed by atoms with Crippen LogP contribution in [0.2, 0.25) is 0 Å². The zero-order chi connectivity index (χ0) is 16.1. The highest BCUT2D eigenvalue weighted by Gasteiger charge is 2.18. The minimum absolute atomic E-state index is 0.0561. The molecule has 0 radical (unpaired) electrons. The van der Waals surface area contributed by atoms with E-state index in [1.54, 1.807) is 12.1 Å². The van der Waals surface area contributed by atoms with Crippen LogP contribution >= 0.6 is 0 Å². The van der Waals surface area contributed by atoms with Gasteiger partial charge in [-0.15, -0.1) is 0 Å². The van der Waals surface area contributed by atoms with Crippen LogP contribution in [0.1, 0.15) is 5.56 Å². The van der Waals surface area contributed by atoms with Crippen LogP contribution in [0.25, 0.3) is 0 Å². The lowest BCUT2D eigenvalue weighted by Crippen LogP contribution is -2.21. The molecule has 23 heavy (non-hydrogen) atoms. The number of amides is 1. The van der Waals surface area contributed by atoms with Gasteiger partial charge in [0.05, 0.1) is 5.75 Å². The molecule has 0 aliphatic carbocycles. The van der Waals surface area contributed by atoms with Crippen molar-refractivity contribution in [3.63, 3.8) is 0 Å². The number of hydrogen-bond donors (Lipinski definition) is 1. The normalized spacial score (nSPS) is 14.1. The summed E-state index contributed by atoms with van der Waals surface area (Å²) in [6, 6.07) is 14.6. The summed E-state index contributed by atoms with van der Waals surface area (Å²) in [5.41, 5.74) is 1.50. The molecule has 0 fully saturated rings. The van der Waals surface area contributed by atoms with Crippen molar-refractivity contribution in [1.82, 2.24) is 0 Å². The molecule has 120 valence electrons. The van der Waals surface area contributed by atoms with E-state index < -0.39 is 10.8 Å². The summed E-state index contributed by atoms with van der Waals surface area (Å²) in [4.78, 5) is 11.9. The summed E-state index contributed by atoms with van der Waals surface area (Å²) in [7, 11) is -1.32. The van der Waals surface area contributed by atoms with Crippen molar-refractivity contribution >= 4 is 22.4 Å². The third-order valence-electron chi connectivity index (χ3n) is 3.31. The number of hydrogen-bond acceptors (Lipinski definition) is 4. The van der Waals surface area contributed by atoms with Crippen LogP contribution in [-0.2, 0) is 21.3 Å². The quantitative estimate of drug-likeness (QED) is 0.913. The Hall–Kier alpha value is -2.34. The van der Waals surface area contributed by atoms with E-state index in [2.05, 4.69) is 5.32 Å². The molecule has 0 saturated heterocycles. The van der Waals surface area contributed by atoms with Crippen LogP contribution in [0.15, 0.2) is 48.5 Å². The van der Waals surface area contributed by atoms with Gasteiger partial charge in [0.1, 0.15) is 19.0 Å². The Labute approximate surface area is 137 Å². The molecule has 1 aliphatic rings. The minimum atomic E-state index is -1.32. The Morgan fingerprint density at radius 3 is 2.65 bits per heavy atom. The average Bonchev–Trinajstić information content (AvgIpc) is 2.56. The molecule has 6 heteroatoms. The Balaban J connectivity index is 1.60. The molecule has 1 aliphatic heterocycles. The van der Waals surface area contributed by atoms with E-state index in [1.807, 2.05) is 36.4 Å². The highest BCUT2D eigenvalue weighted by Crippen LogP contribution is 2.34. The van der Waals surface area contributed by atoms with Gasteiger partial charge in [-0.1, -0.05) is 30.3 Å². The maximum atomic E-state index is 12.3. The number of fused-ring (bicyclic) bond motifs is 1. The van der Waals surface area contributed by atoms with Gasteiger partial charge in [-0.2, -0.15) is 0 Å². The molecule has 1 heterocycles. The number of para-hydroxylation sites is 2. The summed E-state index contributed by atoms with van der Waals surface area (Å²) in [6.07, 6.45) is 0. The van der Waals surface area contributed by atoms with Crippen molar-refractivity contribution in [2.45, 2.75) is 5.75 Å². The molecule has 0 bridgehead atoms. The Kier molecular flexibility index (Phi) is 4.92. The first-order chi connectivity index (χ1) is 11.2. The highest BCUT2D eigenvalue weighted by atomic mass is 32.2. The molecule has 1 atom stereocenters. The van der Waals surface area contributed by atoms with Gasteiger partial charge < -0.3 is 14.8 Å². The van der Waals surface area contributed by atoms with Gasteiger partial charge in [0.2, 0.25) is 5.91 Å². The fourth-order valence-electron chi connectivity index (χ4n) is 2.34. The van der Waals surface area contributed by atoms with E-state index >= 15 is 0 Å². The van der Waals surface area contributed by atoms with E-state index in [-0.39, 0.29) is 17.4 Å². The third-order valence-corrected chi connectivity index (χ3v) is 4.53. The molecule has 0 aromatic heterocycles. The van der Waals surface area contributed by atoms with E-state index in [1.165, 1.54) is 0 Å². The molecule has 0 spiro atoms. The summed E-state index contributed by atoms with van der Waals surface area (Å²) in [5.74, 6) is 1.24. The zero-order valence-electron chi connectivity index (χ0n) is 12.5. The Bertz CT molecular complexity index is 718. The number of benzene rings is 2. The molecule has 2 aromatic rings. The first-order valence-electron chi connectivity index (χ1n) is 7.30. The van der Waals surface area contributed by atoms with E-state index in [9.17, 15) is 9.00 Å². The van der Waals surface area contributed by atoms with E-state index in [0.717, 1.165) is 5.56 Å². The van der Waals surface area contributed by atoms with Crippen molar-refractivity contribution in [2.24, 2.45) is 0 Å². The largest absolute Gasteiger partial charge is 0.486 e. The van der Waals surface area contributed by atoms with Crippen LogP contribution in [0.3, 0.4) is 0 Å². The topological polar surface area (TPSA) is 64.6 Å². The van der Waals surface area contributed by atoms with Crippen molar-refractivity contribution in [2.75, 3.05) is 24.3 Å². The molecule has 1 N–H and O–H groups in total. The standard InChI is InChI=1S/C17H17NO4S/c19-16(18-14-6-2-1-3-7-14)12-23(20)11-13-5-4-8-15-17(13)22-10-9-21-15/h1-8H,9-12H2,(H,18,19)/t23-/m1/s1. The van der Waals surface area contributed by atoms with Crippen LogP contribution in [0, 0.1) is 0 Å². The second-order valence-corrected chi connectivity index (χ2v) is 6.54. The lowest BCUT2D eigenvalue weighted by atomic mass is 10.2. The summed E-state index contributed by atoms with van der Waals surface area (Å²) >= 11 is 0. The van der Waals surface area contributed by atoms with Gasteiger partial charge >= 0.3 is 0 Å². The predicted molar refractivity (Wildman–Crippen MR) is 89.2 cm³/mol. The van der Waals surface area contributed by atoms with E-state index in [0.29, 0.717) is 30.4 Å². The summed E-state index contributed by atoms with van der Waals surface area (Å²) < 4.78 is 23.4. The molecule has 2 aromatic carbocycles. The van der Waals surface area contributed by atoms with Gasteiger partial charge in [0.25, 0.3) is 0 Å². The fourth-order valence-corrected chi connectivity index (χ4v) is 3.38. The van der Waals surface area contributed by atoms with Crippen molar-refractivity contribution in [1.29, 1.82) is 0 Å². The minimum Gasteiger partial charge on any atom is -0.486 e. The maximum Gasteiger partial charge on any atom is 0.237 e. The first-order valence-corrected chi connectivity index (χ1v) is 8.78. The number of carbonyl (C=O) groups is 1. The van der Waals surface area contributed by atoms with Gasteiger partial charge in [-0.3, -0.25) is 9.00 Å². The smallest absolute Gasteiger partial charge is 0.237 e. The van der Waals surface area contributed by atoms with Gasteiger partial charge in [-0.05, 0) is 18.2 Å². The summed E-state index contributed by atoms with van der Waals surface area (Å²) in [6.45, 7) is 0.990. The SMILES string of the molecule is O=C(C[S@](=O)Cc1cccc2c1OCCO2)Nc1ccccc1. The lowest BCUT2D eigenvalue weighted by Gasteiger charge is -2.20. The van der Waals surface area contributed by atoms with E-state index in [4.69, 9.17) is 9.47 Å². The van der Waals surface area contributed by atoms with Crippen LogP contribution < -0.4 is 14.8 Å². The van der Waals surface area contributed by atoms with Crippen molar-refractivity contribution < 1.29 is 18.5 Å². The molecule has 0 unspecified atom stereocenters. The molecule has 5 nitrogen and oxygen atoms in total. The highest BCUT2D eigenvalue weighted by molar-refractivity contribution is 7.85. The molecule has 0 saturated carbocycles. The van der Waals surface area contributed by atoms with Crippen molar-refractivity contribution in [3.05, 3.63) is 54.1 Å². The number of ether oxygens (including phenoxy) is 2. The Morgan fingerprint density at radius 1 is 1.04 bits per heavy atom. The third kappa shape index (κ3) is 4.10. The molecule has 1 amide bonds. The second kappa shape index (κ2) is 7.28. The second-order valence-electron chi connectivity index (χ2n) is 5.08. The summed E-state index contributed by atoms with van der Waals surface area (Å²) in [5, 5.41) is 2.73.